The number of rotatable bonds is 4. The second kappa shape index (κ2) is 7.68. The first-order valence-corrected chi connectivity index (χ1v) is 8.64. The fraction of sp³-hybridized carbons (Fsp3) is 0.611. The average molecular weight is 317 g/mol. The molecule has 1 aliphatic heterocycles. The number of carbonyl (C=O) groups excluding carboxylic acids is 1. The van der Waals surface area contributed by atoms with Gasteiger partial charge < -0.3 is 20.3 Å². The van der Waals surface area contributed by atoms with Crippen LogP contribution in [-0.2, 0) is 4.74 Å². The molecule has 2 atom stereocenters. The fourth-order valence-corrected chi connectivity index (χ4v) is 3.62. The molecule has 3 rings (SSSR count). The van der Waals surface area contributed by atoms with Gasteiger partial charge >= 0.3 is 6.03 Å². The smallest absolute Gasteiger partial charge is 0.315 e. The summed E-state index contributed by atoms with van der Waals surface area (Å²) in [6, 6.07) is 11.0. The number of methoxy groups -OCH3 is 1. The molecule has 2 unspecified atom stereocenters. The topological polar surface area (TPSA) is 53.6 Å². The molecule has 2 N–H and O–H groups in total. The number of anilines is 1. The van der Waals surface area contributed by atoms with E-state index in [0.717, 1.165) is 45.2 Å². The number of piperidine rings is 1. The summed E-state index contributed by atoms with van der Waals surface area (Å²) in [5, 5.41) is 6.22. The van der Waals surface area contributed by atoms with Crippen LogP contribution in [0.5, 0.6) is 0 Å². The van der Waals surface area contributed by atoms with Gasteiger partial charge in [0.25, 0.3) is 0 Å². The van der Waals surface area contributed by atoms with Crippen molar-refractivity contribution >= 4 is 11.7 Å². The normalized spacial score (nSPS) is 25.3. The Hall–Kier alpha value is -1.75. The Morgan fingerprint density at radius 2 is 1.74 bits per heavy atom. The molecule has 0 radical (unpaired) electrons. The molecular weight excluding hydrogens is 290 g/mol. The standard InChI is InChI=1S/C18H27N3O2/c1-23-17-8-7-15(13-17)20-18(22)19-14-9-11-21(12-10-14)16-5-3-2-4-6-16/h2-6,14-15,17H,7-13H2,1H3,(H2,19,20,22). The number of carbonyl (C=O) groups is 1. The largest absolute Gasteiger partial charge is 0.381 e. The molecule has 2 amide bonds. The zero-order valence-corrected chi connectivity index (χ0v) is 13.8. The van der Waals surface area contributed by atoms with Crippen molar-refractivity contribution in [3.05, 3.63) is 30.3 Å². The monoisotopic (exact) mass is 317 g/mol. The number of nitrogens with zero attached hydrogens (tertiary/aromatic N) is 1. The summed E-state index contributed by atoms with van der Waals surface area (Å²) in [7, 11) is 1.74. The maximum Gasteiger partial charge on any atom is 0.315 e. The Morgan fingerprint density at radius 3 is 2.39 bits per heavy atom. The highest BCUT2D eigenvalue weighted by atomic mass is 16.5. The van der Waals surface area contributed by atoms with Gasteiger partial charge in [-0.2, -0.15) is 0 Å². The molecule has 126 valence electrons. The third kappa shape index (κ3) is 4.38. The number of hydrogen-bond donors (Lipinski definition) is 2. The van der Waals surface area contributed by atoms with E-state index in [9.17, 15) is 4.79 Å². The van der Waals surface area contributed by atoms with E-state index in [1.165, 1.54) is 5.69 Å². The zero-order chi connectivity index (χ0) is 16.1. The number of benzene rings is 1. The molecule has 2 fully saturated rings. The summed E-state index contributed by atoms with van der Waals surface area (Å²) >= 11 is 0. The molecule has 1 aromatic carbocycles. The summed E-state index contributed by atoms with van der Waals surface area (Å²) in [5.74, 6) is 0. The molecule has 0 bridgehead atoms. The van der Waals surface area contributed by atoms with E-state index >= 15 is 0 Å². The lowest BCUT2D eigenvalue weighted by molar-refractivity contribution is 0.107. The molecule has 1 aromatic rings. The van der Waals surface area contributed by atoms with E-state index < -0.39 is 0 Å². The van der Waals surface area contributed by atoms with Crippen molar-refractivity contribution in [1.29, 1.82) is 0 Å². The van der Waals surface area contributed by atoms with E-state index in [1.54, 1.807) is 7.11 Å². The maximum atomic E-state index is 12.1. The molecule has 0 aromatic heterocycles. The lowest BCUT2D eigenvalue weighted by atomic mass is 10.0. The van der Waals surface area contributed by atoms with E-state index in [0.29, 0.717) is 6.10 Å². The van der Waals surface area contributed by atoms with Gasteiger partial charge in [-0.05, 0) is 44.2 Å². The molecular formula is C18H27N3O2. The molecule has 5 heteroatoms. The molecule has 23 heavy (non-hydrogen) atoms. The minimum Gasteiger partial charge on any atom is -0.381 e. The summed E-state index contributed by atoms with van der Waals surface area (Å²) < 4.78 is 5.35. The Kier molecular flexibility index (Phi) is 5.39. The van der Waals surface area contributed by atoms with Gasteiger partial charge in [0.15, 0.2) is 0 Å². The second-order valence-electron chi connectivity index (χ2n) is 6.58. The zero-order valence-electron chi connectivity index (χ0n) is 13.8. The lowest BCUT2D eigenvalue weighted by Crippen LogP contribution is -2.49. The van der Waals surface area contributed by atoms with Crippen molar-refractivity contribution in [2.24, 2.45) is 0 Å². The molecule has 1 saturated carbocycles. The van der Waals surface area contributed by atoms with Crippen LogP contribution >= 0.6 is 0 Å². The minimum absolute atomic E-state index is 0.0232. The number of nitrogens with one attached hydrogen (secondary N) is 2. The molecule has 0 spiro atoms. The summed E-state index contributed by atoms with van der Waals surface area (Å²) in [4.78, 5) is 14.5. The van der Waals surface area contributed by atoms with Gasteiger partial charge in [0, 0.05) is 38.0 Å². The van der Waals surface area contributed by atoms with E-state index in [4.69, 9.17) is 4.74 Å². The Bertz CT molecular complexity index is 500. The van der Waals surface area contributed by atoms with Gasteiger partial charge in [0.1, 0.15) is 0 Å². The van der Waals surface area contributed by atoms with E-state index in [-0.39, 0.29) is 18.1 Å². The van der Waals surface area contributed by atoms with Gasteiger partial charge in [0.2, 0.25) is 0 Å². The second-order valence-corrected chi connectivity index (χ2v) is 6.58. The third-order valence-electron chi connectivity index (χ3n) is 5.00. The van der Waals surface area contributed by atoms with Crippen LogP contribution in [0.3, 0.4) is 0 Å². The summed E-state index contributed by atoms with van der Waals surface area (Å²) in [6.07, 6.45) is 5.27. The fourth-order valence-electron chi connectivity index (χ4n) is 3.62. The van der Waals surface area contributed by atoms with Crippen molar-refractivity contribution in [2.45, 2.75) is 50.3 Å². The summed E-state index contributed by atoms with van der Waals surface area (Å²) in [5.41, 5.74) is 1.27. The number of para-hydroxylation sites is 1. The van der Waals surface area contributed by atoms with Crippen LogP contribution in [0.4, 0.5) is 10.5 Å². The lowest BCUT2D eigenvalue weighted by Gasteiger charge is -2.34. The highest BCUT2D eigenvalue weighted by molar-refractivity contribution is 5.74. The molecule has 1 saturated heterocycles. The number of amides is 2. The van der Waals surface area contributed by atoms with Gasteiger partial charge in [-0.15, -0.1) is 0 Å². The van der Waals surface area contributed by atoms with Crippen LogP contribution in [0.25, 0.3) is 0 Å². The van der Waals surface area contributed by atoms with Gasteiger partial charge in [-0.25, -0.2) is 4.79 Å². The number of ether oxygens (including phenoxy) is 1. The van der Waals surface area contributed by atoms with Crippen LogP contribution in [-0.4, -0.2) is 44.4 Å². The van der Waals surface area contributed by atoms with Crippen LogP contribution < -0.4 is 15.5 Å². The molecule has 2 aliphatic rings. The molecule has 5 nitrogen and oxygen atoms in total. The SMILES string of the molecule is COC1CCC(NC(=O)NC2CCN(c3ccccc3)CC2)C1. The Morgan fingerprint density at radius 1 is 1.04 bits per heavy atom. The van der Waals surface area contributed by atoms with Crippen LogP contribution in [0, 0.1) is 0 Å². The molecule has 1 heterocycles. The average Bonchev–Trinajstić information content (AvgIpc) is 3.04. The highest BCUT2D eigenvalue weighted by Crippen LogP contribution is 2.22. The first-order chi connectivity index (χ1) is 11.2. The van der Waals surface area contributed by atoms with Crippen molar-refractivity contribution in [3.63, 3.8) is 0 Å². The van der Waals surface area contributed by atoms with E-state index in [1.807, 2.05) is 6.07 Å². The maximum absolute atomic E-state index is 12.1. The predicted octanol–water partition coefficient (Wildman–Crippen LogP) is 2.52. The van der Waals surface area contributed by atoms with Gasteiger partial charge in [0.05, 0.1) is 6.10 Å². The van der Waals surface area contributed by atoms with E-state index in [2.05, 4.69) is 39.8 Å². The Balaban J connectivity index is 1.39. The van der Waals surface area contributed by atoms with Crippen LogP contribution in [0.15, 0.2) is 30.3 Å². The Labute approximate surface area is 138 Å². The van der Waals surface area contributed by atoms with Gasteiger partial charge in [-0.3, -0.25) is 0 Å². The number of urea groups is 1. The highest BCUT2D eigenvalue weighted by Gasteiger charge is 2.27. The summed E-state index contributed by atoms with van der Waals surface area (Å²) in [6.45, 7) is 1.98. The van der Waals surface area contributed by atoms with Crippen molar-refractivity contribution < 1.29 is 9.53 Å². The van der Waals surface area contributed by atoms with Crippen LogP contribution in [0.2, 0.25) is 0 Å². The van der Waals surface area contributed by atoms with Gasteiger partial charge in [-0.1, -0.05) is 18.2 Å². The number of hydrogen-bond acceptors (Lipinski definition) is 3. The minimum atomic E-state index is -0.0232. The predicted molar refractivity (Wildman–Crippen MR) is 91.8 cm³/mol. The van der Waals surface area contributed by atoms with Crippen molar-refractivity contribution in [1.82, 2.24) is 10.6 Å². The van der Waals surface area contributed by atoms with Crippen molar-refractivity contribution in [3.8, 4) is 0 Å². The third-order valence-corrected chi connectivity index (χ3v) is 5.00. The molecule has 1 aliphatic carbocycles. The van der Waals surface area contributed by atoms with Crippen LogP contribution in [0.1, 0.15) is 32.1 Å². The quantitative estimate of drug-likeness (QED) is 0.897. The van der Waals surface area contributed by atoms with Crippen molar-refractivity contribution in [2.75, 3.05) is 25.1 Å². The first kappa shape index (κ1) is 16.1. The first-order valence-electron chi connectivity index (χ1n) is 8.64.